The summed E-state index contributed by atoms with van der Waals surface area (Å²) in [6.07, 6.45) is 3.96. The fourth-order valence-electron chi connectivity index (χ4n) is 2.69. The van der Waals surface area contributed by atoms with Gasteiger partial charge in [-0.1, -0.05) is 6.07 Å². The molecule has 1 saturated heterocycles. The molecule has 0 spiro atoms. The van der Waals surface area contributed by atoms with Gasteiger partial charge in [0, 0.05) is 31.0 Å². The Kier molecular flexibility index (Phi) is 3.44. The van der Waals surface area contributed by atoms with Gasteiger partial charge in [-0.3, -0.25) is 9.59 Å². The van der Waals surface area contributed by atoms with Crippen LogP contribution >= 0.6 is 0 Å². The molecule has 0 aliphatic carbocycles. The normalized spacial score (nSPS) is 21.0. The van der Waals surface area contributed by atoms with Crippen LogP contribution in [0.3, 0.4) is 0 Å². The van der Waals surface area contributed by atoms with E-state index in [1.54, 1.807) is 47.1 Å². The maximum atomic E-state index is 12.6. The minimum absolute atomic E-state index is 0.140. The molecule has 114 valence electrons. The van der Waals surface area contributed by atoms with Crippen LogP contribution in [0.15, 0.2) is 42.7 Å². The van der Waals surface area contributed by atoms with Gasteiger partial charge in [-0.15, -0.1) is 0 Å². The minimum atomic E-state index is -0.854. The molecule has 22 heavy (non-hydrogen) atoms. The van der Waals surface area contributed by atoms with Crippen LogP contribution < -0.4 is 0 Å². The van der Waals surface area contributed by atoms with Crippen molar-refractivity contribution in [2.24, 2.45) is 5.41 Å². The second kappa shape index (κ2) is 5.29. The highest BCUT2D eigenvalue weighted by molar-refractivity contribution is 5.95. The Morgan fingerprint density at radius 1 is 1.32 bits per heavy atom. The van der Waals surface area contributed by atoms with Gasteiger partial charge < -0.3 is 10.0 Å². The van der Waals surface area contributed by atoms with Crippen molar-refractivity contribution in [2.75, 3.05) is 13.1 Å². The number of carbonyl (C=O) groups excluding carboxylic acids is 1. The molecule has 1 aliphatic rings. The van der Waals surface area contributed by atoms with Crippen LogP contribution in [0.25, 0.3) is 5.69 Å². The topological polar surface area (TPSA) is 75.4 Å². The Morgan fingerprint density at radius 3 is 2.77 bits per heavy atom. The molecule has 3 rings (SSSR count). The molecule has 2 heterocycles. The summed E-state index contributed by atoms with van der Waals surface area (Å²) in [5, 5.41) is 13.4. The van der Waals surface area contributed by atoms with Crippen molar-refractivity contribution in [3.8, 4) is 5.69 Å². The summed E-state index contributed by atoms with van der Waals surface area (Å²) in [7, 11) is 0. The first-order valence-electron chi connectivity index (χ1n) is 7.12. The molecular formula is C16H17N3O3. The van der Waals surface area contributed by atoms with Crippen LogP contribution in [-0.2, 0) is 4.79 Å². The van der Waals surface area contributed by atoms with E-state index in [4.69, 9.17) is 0 Å². The number of aromatic nitrogens is 2. The van der Waals surface area contributed by atoms with Gasteiger partial charge in [0.1, 0.15) is 0 Å². The van der Waals surface area contributed by atoms with Crippen molar-refractivity contribution in [1.29, 1.82) is 0 Å². The Bertz CT molecular complexity index is 711. The largest absolute Gasteiger partial charge is 0.481 e. The van der Waals surface area contributed by atoms with Crippen LogP contribution in [0.1, 0.15) is 23.7 Å². The number of carboxylic acids is 1. The molecule has 0 bridgehead atoms. The second-order valence-corrected chi connectivity index (χ2v) is 5.84. The number of hydrogen-bond donors (Lipinski definition) is 1. The summed E-state index contributed by atoms with van der Waals surface area (Å²) >= 11 is 0. The minimum Gasteiger partial charge on any atom is -0.481 e. The fourth-order valence-corrected chi connectivity index (χ4v) is 2.69. The SMILES string of the molecule is CC1(C(=O)O)CCN(C(=O)c2cccc(-n3cccn3)c2)C1. The first kappa shape index (κ1) is 14.3. The van der Waals surface area contributed by atoms with Gasteiger partial charge in [-0.05, 0) is 37.6 Å². The summed E-state index contributed by atoms with van der Waals surface area (Å²) in [5.41, 5.74) is 0.494. The molecule has 1 amide bonds. The van der Waals surface area contributed by atoms with E-state index in [0.29, 0.717) is 18.5 Å². The predicted octanol–water partition coefficient (Wildman–Crippen LogP) is 1.81. The van der Waals surface area contributed by atoms with Gasteiger partial charge in [-0.25, -0.2) is 4.68 Å². The highest BCUT2D eigenvalue weighted by Crippen LogP contribution is 2.31. The van der Waals surface area contributed by atoms with Crippen molar-refractivity contribution in [2.45, 2.75) is 13.3 Å². The van der Waals surface area contributed by atoms with E-state index < -0.39 is 11.4 Å². The lowest BCUT2D eigenvalue weighted by atomic mass is 9.90. The molecule has 1 aromatic carbocycles. The third-order valence-corrected chi connectivity index (χ3v) is 4.14. The standard InChI is InChI=1S/C16H17N3O3/c1-16(15(21)22)6-9-18(11-16)14(20)12-4-2-5-13(10-12)19-8-3-7-17-19/h2-5,7-8,10H,6,9,11H2,1H3,(H,21,22). The average Bonchev–Trinajstić information content (AvgIpc) is 3.17. The molecular weight excluding hydrogens is 282 g/mol. The van der Waals surface area contributed by atoms with E-state index in [0.717, 1.165) is 5.69 Å². The van der Waals surface area contributed by atoms with Crippen LogP contribution in [0.2, 0.25) is 0 Å². The number of likely N-dealkylation sites (tertiary alicyclic amines) is 1. The first-order valence-corrected chi connectivity index (χ1v) is 7.12. The Hall–Kier alpha value is -2.63. The second-order valence-electron chi connectivity index (χ2n) is 5.84. The highest BCUT2D eigenvalue weighted by Gasteiger charge is 2.42. The summed E-state index contributed by atoms with van der Waals surface area (Å²) in [5.74, 6) is -0.993. The zero-order chi connectivity index (χ0) is 15.7. The third kappa shape index (κ3) is 2.47. The van der Waals surface area contributed by atoms with Crippen LogP contribution in [0.4, 0.5) is 0 Å². The number of aliphatic carboxylic acids is 1. The van der Waals surface area contributed by atoms with Crippen LogP contribution in [0, 0.1) is 5.41 Å². The molecule has 1 aliphatic heterocycles. The lowest BCUT2D eigenvalue weighted by Gasteiger charge is -2.20. The number of amides is 1. The number of hydrogen-bond acceptors (Lipinski definition) is 3. The molecule has 1 fully saturated rings. The molecule has 1 atom stereocenters. The van der Waals surface area contributed by atoms with E-state index in [2.05, 4.69) is 5.10 Å². The summed E-state index contributed by atoms with van der Waals surface area (Å²) in [6, 6.07) is 9.00. The molecule has 1 unspecified atom stereocenters. The molecule has 6 heteroatoms. The molecule has 0 radical (unpaired) electrons. The van der Waals surface area contributed by atoms with E-state index in [-0.39, 0.29) is 12.5 Å². The van der Waals surface area contributed by atoms with E-state index in [1.165, 1.54) is 0 Å². The van der Waals surface area contributed by atoms with Gasteiger partial charge in [0.25, 0.3) is 5.91 Å². The monoisotopic (exact) mass is 299 g/mol. The number of benzene rings is 1. The summed E-state index contributed by atoms with van der Waals surface area (Å²) < 4.78 is 1.68. The Labute approximate surface area is 128 Å². The quantitative estimate of drug-likeness (QED) is 0.938. The van der Waals surface area contributed by atoms with Crippen molar-refractivity contribution in [3.63, 3.8) is 0 Å². The van der Waals surface area contributed by atoms with Gasteiger partial charge >= 0.3 is 5.97 Å². The molecule has 1 N–H and O–H groups in total. The third-order valence-electron chi connectivity index (χ3n) is 4.14. The fraction of sp³-hybridized carbons (Fsp3) is 0.312. The van der Waals surface area contributed by atoms with Gasteiger partial charge in [0.15, 0.2) is 0 Å². The number of rotatable bonds is 3. The molecule has 0 saturated carbocycles. The van der Waals surface area contributed by atoms with Gasteiger partial charge in [0.05, 0.1) is 11.1 Å². The summed E-state index contributed by atoms with van der Waals surface area (Å²) in [6.45, 7) is 2.39. The van der Waals surface area contributed by atoms with Gasteiger partial charge in [0.2, 0.25) is 0 Å². The maximum absolute atomic E-state index is 12.6. The van der Waals surface area contributed by atoms with E-state index in [1.807, 2.05) is 12.1 Å². The average molecular weight is 299 g/mol. The van der Waals surface area contributed by atoms with E-state index >= 15 is 0 Å². The highest BCUT2D eigenvalue weighted by atomic mass is 16.4. The van der Waals surface area contributed by atoms with Crippen molar-refractivity contribution in [1.82, 2.24) is 14.7 Å². The van der Waals surface area contributed by atoms with Crippen molar-refractivity contribution < 1.29 is 14.7 Å². The van der Waals surface area contributed by atoms with Gasteiger partial charge in [-0.2, -0.15) is 5.10 Å². The lowest BCUT2D eigenvalue weighted by molar-refractivity contribution is -0.147. The van der Waals surface area contributed by atoms with Crippen LogP contribution in [-0.4, -0.2) is 44.8 Å². The summed E-state index contributed by atoms with van der Waals surface area (Å²) in [4.78, 5) is 25.5. The van der Waals surface area contributed by atoms with Crippen molar-refractivity contribution in [3.05, 3.63) is 48.3 Å². The smallest absolute Gasteiger partial charge is 0.311 e. The zero-order valence-corrected chi connectivity index (χ0v) is 12.3. The Morgan fingerprint density at radius 2 is 2.14 bits per heavy atom. The lowest BCUT2D eigenvalue weighted by Crippen LogP contribution is -2.34. The zero-order valence-electron chi connectivity index (χ0n) is 12.3. The maximum Gasteiger partial charge on any atom is 0.311 e. The number of carboxylic acid groups (broad SMARTS) is 1. The Balaban J connectivity index is 1.82. The molecule has 6 nitrogen and oxygen atoms in total. The van der Waals surface area contributed by atoms with Crippen molar-refractivity contribution >= 4 is 11.9 Å². The predicted molar refractivity (Wildman–Crippen MR) is 79.8 cm³/mol. The van der Waals surface area contributed by atoms with Crippen LogP contribution in [0.5, 0.6) is 0 Å². The first-order chi connectivity index (χ1) is 10.5. The molecule has 1 aromatic heterocycles. The molecule has 2 aromatic rings. The number of nitrogens with zero attached hydrogens (tertiary/aromatic N) is 3. The van der Waals surface area contributed by atoms with E-state index in [9.17, 15) is 14.7 Å². The number of carbonyl (C=O) groups is 2.